The SMILES string of the molecule is CSc1cc(C)c(N=Nc2ccccc2)c(C)c1. The van der Waals surface area contributed by atoms with Gasteiger partial charge in [0.25, 0.3) is 0 Å². The van der Waals surface area contributed by atoms with Gasteiger partial charge in [-0.15, -0.1) is 11.8 Å². The van der Waals surface area contributed by atoms with Crippen molar-refractivity contribution in [3.05, 3.63) is 53.6 Å². The zero-order chi connectivity index (χ0) is 13.0. The summed E-state index contributed by atoms with van der Waals surface area (Å²) < 4.78 is 0. The smallest absolute Gasteiger partial charge is 0.0916 e. The van der Waals surface area contributed by atoms with Crippen LogP contribution >= 0.6 is 11.8 Å². The molecule has 0 aliphatic carbocycles. The summed E-state index contributed by atoms with van der Waals surface area (Å²) in [5.74, 6) is 0. The van der Waals surface area contributed by atoms with E-state index in [-0.39, 0.29) is 0 Å². The highest BCUT2D eigenvalue weighted by Crippen LogP contribution is 2.30. The van der Waals surface area contributed by atoms with Gasteiger partial charge in [0.05, 0.1) is 11.4 Å². The van der Waals surface area contributed by atoms with Crippen molar-refractivity contribution in [1.29, 1.82) is 0 Å². The van der Waals surface area contributed by atoms with E-state index in [0.29, 0.717) is 0 Å². The van der Waals surface area contributed by atoms with Crippen LogP contribution < -0.4 is 0 Å². The number of hydrogen-bond donors (Lipinski definition) is 0. The fourth-order valence-electron chi connectivity index (χ4n) is 1.79. The first-order chi connectivity index (χ1) is 8.70. The quantitative estimate of drug-likeness (QED) is 0.530. The molecular weight excluding hydrogens is 240 g/mol. The molecule has 0 spiro atoms. The van der Waals surface area contributed by atoms with Crippen LogP contribution in [-0.4, -0.2) is 6.26 Å². The molecule has 0 radical (unpaired) electrons. The topological polar surface area (TPSA) is 24.7 Å². The van der Waals surface area contributed by atoms with E-state index in [1.165, 1.54) is 16.0 Å². The van der Waals surface area contributed by atoms with Crippen LogP contribution in [0, 0.1) is 13.8 Å². The molecule has 0 aliphatic heterocycles. The molecule has 2 rings (SSSR count). The second kappa shape index (κ2) is 5.83. The van der Waals surface area contributed by atoms with Gasteiger partial charge in [-0.05, 0) is 55.5 Å². The summed E-state index contributed by atoms with van der Waals surface area (Å²) >= 11 is 1.75. The Balaban J connectivity index is 2.32. The Bertz CT molecular complexity index is 539. The number of azo groups is 1. The molecule has 3 heteroatoms. The minimum absolute atomic E-state index is 0.880. The molecule has 2 aromatic carbocycles. The zero-order valence-electron chi connectivity index (χ0n) is 10.8. The maximum Gasteiger partial charge on any atom is 0.0916 e. The van der Waals surface area contributed by atoms with Gasteiger partial charge in [-0.2, -0.15) is 10.2 Å². The summed E-state index contributed by atoms with van der Waals surface area (Å²) in [5, 5.41) is 8.64. The number of aryl methyl sites for hydroxylation is 2. The first-order valence-electron chi connectivity index (χ1n) is 5.82. The fraction of sp³-hybridized carbons (Fsp3) is 0.200. The molecule has 2 nitrogen and oxygen atoms in total. The van der Waals surface area contributed by atoms with E-state index in [1.54, 1.807) is 11.8 Å². The van der Waals surface area contributed by atoms with Crippen LogP contribution in [0.25, 0.3) is 0 Å². The van der Waals surface area contributed by atoms with Gasteiger partial charge in [0.2, 0.25) is 0 Å². The van der Waals surface area contributed by atoms with Crippen LogP contribution in [0.3, 0.4) is 0 Å². The van der Waals surface area contributed by atoms with Crippen molar-refractivity contribution in [3.63, 3.8) is 0 Å². The molecule has 0 N–H and O–H groups in total. The molecule has 0 bridgehead atoms. The van der Waals surface area contributed by atoms with Crippen LogP contribution in [0.4, 0.5) is 11.4 Å². The van der Waals surface area contributed by atoms with Gasteiger partial charge < -0.3 is 0 Å². The summed E-state index contributed by atoms with van der Waals surface area (Å²) in [4.78, 5) is 1.27. The summed E-state index contributed by atoms with van der Waals surface area (Å²) in [7, 11) is 0. The highest BCUT2D eigenvalue weighted by Gasteiger charge is 2.03. The minimum Gasteiger partial charge on any atom is -0.151 e. The van der Waals surface area contributed by atoms with E-state index < -0.39 is 0 Å². The highest BCUT2D eigenvalue weighted by atomic mass is 32.2. The first kappa shape index (κ1) is 12.8. The minimum atomic E-state index is 0.880. The van der Waals surface area contributed by atoms with Gasteiger partial charge in [0.1, 0.15) is 0 Å². The average Bonchev–Trinajstić information content (AvgIpc) is 2.38. The maximum absolute atomic E-state index is 4.37. The lowest BCUT2D eigenvalue weighted by atomic mass is 10.1. The Labute approximate surface area is 112 Å². The first-order valence-corrected chi connectivity index (χ1v) is 7.05. The van der Waals surface area contributed by atoms with Crippen LogP contribution in [-0.2, 0) is 0 Å². The molecule has 2 aromatic rings. The van der Waals surface area contributed by atoms with Crippen molar-refractivity contribution >= 4 is 23.1 Å². The molecular formula is C15H16N2S. The van der Waals surface area contributed by atoms with Gasteiger partial charge in [-0.1, -0.05) is 18.2 Å². The van der Waals surface area contributed by atoms with E-state index >= 15 is 0 Å². The van der Waals surface area contributed by atoms with Crippen molar-refractivity contribution in [2.75, 3.05) is 6.26 Å². The zero-order valence-corrected chi connectivity index (χ0v) is 11.7. The molecule has 0 unspecified atom stereocenters. The van der Waals surface area contributed by atoms with Crippen molar-refractivity contribution in [2.45, 2.75) is 18.7 Å². The summed E-state index contributed by atoms with van der Waals surface area (Å²) in [6, 6.07) is 14.1. The Morgan fingerprint density at radius 1 is 0.889 bits per heavy atom. The van der Waals surface area contributed by atoms with Crippen LogP contribution in [0.2, 0.25) is 0 Å². The number of benzene rings is 2. The monoisotopic (exact) mass is 256 g/mol. The standard InChI is InChI=1S/C15H16N2S/c1-11-9-14(18-3)10-12(2)15(11)17-16-13-7-5-4-6-8-13/h4-10H,1-3H3. The average molecular weight is 256 g/mol. The lowest BCUT2D eigenvalue weighted by Crippen LogP contribution is -1.82. The summed E-state index contributed by atoms with van der Waals surface area (Å²) in [5.41, 5.74) is 4.18. The Morgan fingerprint density at radius 3 is 2.06 bits per heavy atom. The lowest BCUT2D eigenvalue weighted by molar-refractivity contribution is 1.17. The van der Waals surface area contributed by atoms with Crippen LogP contribution in [0.15, 0.2) is 57.6 Å². The van der Waals surface area contributed by atoms with E-state index in [4.69, 9.17) is 0 Å². The van der Waals surface area contributed by atoms with Gasteiger partial charge in [0, 0.05) is 4.90 Å². The van der Waals surface area contributed by atoms with Crippen LogP contribution in [0.1, 0.15) is 11.1 Å². The number of nitrogens with zero attached hydrogens (tertiary/aromatic N) is 2. The van der Waals surface area contributed by atoms with E-state index in [1.807, 2.05) is 30.3 Å². The second-order valence-corrected chi connectivity index (χ2v) is 5.03. The third kappa shape index (κ3) is 2.99. The number of hydrogen-bond acceptors (Lipinski definition) is 3. The normalized spacial score (nSPS) is 11.1. The fourth-order valence-corrected chi connectivity index (χ4v) is 2.38. The highest BCUT2D eigenvalue weighted by molar-refractivity contribution is 7.98. The van der Waals surface area contributed by atoms with Gasteiger partial charge in [-0.25, -0.2) is 0 Å². The third-order valence-electron chi connectivity index (χ3n) is 2.72. The van der Waals surface area contributed by atoms with E-state index in [0.717, 1.165) is 11.4 Å². The Hall–Kier alpha value is -1.61. The Kier molecular flexibility index (Phi) is 4.15. The largest absolute Gasteiger partial charge is 0.151 e. The van der Waals surface area contributed by atoms with Gasteiger partial charge >= 0.3 is 0 Å². The predicted octanol–water partition coefficient (Wildman–Crippen LogP) is 5.44. The molecule has 0 saturated carbocycles. The van der Waals surface area contributed by atoms with E-state index in [2.05, 4.69) is 42.5 Å². The van der Waals surface area contributed by atoms with Crippen LogP contribution in [0.5, 0.6) is 0 Å². The van der Waals surface area contributed by atoms with Crippen molar-refractivity contribution in [1.82, 2.24) is 0 Å². The lowest BCUT2D eigenvalue weighted by Gasteiger charge is -2.06. The number of rotatable bonds is 3. The molecule has 92 valence electrons. The molecule has 0 atom stereocenters. The van der Waals surface area contributed by atoms with Crippen molar-refractivity contribution in [2.24, 2.45) is 10.2 Å². The van der Waals surface area contributed by atoms with Crippen molar-refractivity contribution < 1.29 is 0 Å². The molecule has 0 fully saturated rings. The van der Waals surface area contributed by atoms with Gasteiger partial charge in [0.15, 0.2) is 0 Å². The van der Waals surface area contributed by atoms with E-state index in [9.17, 15) is 0 Å². The molecule has 0 saturated heterocycles. The molecule has 0 amide bonds. The summed E-state index contributed by atoms with van der Waals surface area (Å²) in [6.45, 7) is 4.15. The van der Waals surface area contributed by atoms with Gasteiger partial charge in [-0.3, -0.25) is 0 Å². The molecule has 18 heavy (non-hydrogen) atoms. The maximum atomic E-state index is 4.37. The molecule has 0 heterocycles. The predicted molar refractivity (Wildman–Crippen MR) is 78.3 cm³/mol. The molecule has 0 aromatic heterocycles. The summed E-state index contributed by atoms with van der Waals surface area (Å²) in [6.07, 6.45) is 2.08. The second-order valence-electron chi connectivity index (χ2n) is 4.15. The molecule has 0 aliphatic rings. The Morgan fingerprint density at radius 2 is 1.50 bits per heavy atom. The van der Waals surface area contributed by atoms with Crippen molar-refractivity contribution in [3.8, 4) is 0 Å². The number of thioether (sulfide) groups is 1. The third-order valence-corrected chi connectivity index (χ3v) is 3.43.